The highest BCUT2D eigenvalue weighted by Gasteiger charge is 2.22. The average molecular weight is 540 g/mol. The van der Waals surface area contributed by atoms with Crippen LogP contribution in [0.1, 0.15) is 24.4 Å². The largest absolute Gasteiger partial charge is 0.328 e. The summed E-state index contributed by atoms with van der Waals surface area (Å²) in [5, 5.41) is 9.33. The zero-order chi connectivity index (χ0) is 27.6. The number of hydrogen-bond donors (Lipinski definition) is 1. The highest BCUT2D eigenvalue weighted by Crippen LogP contribution is 2.33. The summed E-state index contributed by atoms with van der Waals surface area (Å²) in [6.07, 6.45) is 7.51. The summed E-state index contributed by atoms with van der Waals surface area (Å²) in [6.45, 7) is 2.91. The number of aromatic nitrogens is 6. The lowest BCUT2D eigenvalue weighted by atomic mass is 9.97. The molecule has 0 amide bonds. The summed E-state index contributed by atoms with van der Waals surface area (Å²) in [6, 6.07) is 28.8. The molecule has 1 N–H and O–H groups in total. The maximum atomic E-state index is 12.5. The number of fused-ring (bicyclic) bond motifs is 1. The smallest absolute Gasteiger partial charge is 0.257 e. The zero-order valence-electron chi connectivity index (χ0n) is 22.5. The first-order chi connectivity index (χ1) is 20.2. The van der Waals surface area contributed by atoms with Crippen LogP contribution in [0, 0.1) is 0 Å². The first-order valence-electron chi connectivity index (χ1n) is 13.9. The Bertz CT molecular complexity index is 1840. The van der Waals surface area contributed by atoms with Gasteiger partial charge < -0.3 is 4.98 Å². The van der Waals surface area contributed by atoms with Gasteiger partial charge in [0, 0.05) is 43.2 Å². The van der Waals surface area contributed by atoms with Crippen LogP contribution < -0.4 is 5.56 Å². The number of nitrogens with zero attached hydrogens (tertiary/aromatic N) is 6. The van der Waals surface area contributed by atoms with Crippen molar-refractivity contribution in [2.75, 3.05) is 13.1 Å². The SMILES string of the molecule is O=c1[nH]ccc2nc(-c3ccc(CN4CCC(n5cc(-c6ccccn6)nn5)CC4)cc3)c(-c3ccccc3)cc12. The van der Waals surface area contributed by atoms with Crippen molar-refractivity contribution < 1.29 is 0 Å². The molecule has 0 aliphatic carbocycles. The maximum Gasteiger partial charge on any atom is 0.257 e. The summed E-state index contributed by atoms with van der Waals surface area (Å²) >= 11 is 0. The van der Waals surface area contributed by atoms with E-state index in [0.29, 0.717) is 16.9 Å². The molecule has 0 atom stereocenters. The number of benzene rings is 2. The second-order valence-corrected chi connectivity index (χ2v) is 10.5. The lowest BCUT2D eigenvalue weighted by molar-refractivity contribution is 0.172. The molecule has 7 rings (SSSR count). The van der Waals surface area contributed by atoms with Crippen LogP contribution in [0.25, 0.3) is 44.7 Å². The van der Waals surface area contributed by atoms with Crippen molar-refractivity contribution in [2.45, 2.75) is 25.4 Å². The van der Waals surface area contributed by atoms with Crippen molar-refractivity contribution in [3.63, 3.8) is 0 Å². The van der Waals surface area contributed by atoms with Gasteiger partial charge in [-0.3, -0.25) is 14.7 Å². The maximum absolute atomic E-state index is 12.5. The van der Waals surface area contributed by atoms with E-state index in [0.717, 1.165) is 66.2 Å². The Kier molecular flexibility index (Phi) is 6.66. The third-order valence-electron chi connectivity index (χ3n) is 7.84. The van der Waals surface area contributed by atoms with Gasteiger partial charge in [-0.2, -0.15) is 0 Å². The summed E-state index contributed by atoms with van der Waals surface area (Å²) in [5.41, 5.74) is 7.38. The second-order valence-electron chi connectivity index (χ2n) is 10.5. The molecule has 41 heavy (non-hydrogen) atoms. The standard InChI is InChI=1S/C33H29N7O/c41-33-28-20-27(24-6-2-1-3-7-24)32(36-29(28)13-17-35-33)25-11-9-23(10-12-25)21-39-18-14-26(15-19-39)40-22-31(37-38-40)30-8-4-5-16-34-30/h1-13,16-17,20,22,26H,14-15,18-19,21H2,(H,35,41). The molecule has 4 aromatic heterocycles. The van der Waals surface area contributed by atoms with E-state index in [2.05, 4.69) is 61.6 Å². The number of H-pyrrole nitrogens is 1. The van der Waals surface area contributed by atoms with E-state index in [9.17, 15) is 4.79 Å². The van der Waals surface area contributed by atoms with Gasteiger partial charge in [-0.15, -0.1) is 5.10 Å². The molecule has 1 saturated heterocycles. The molecule has 0 unspecified atom stereocenters. The van der Waals surface area contributed by atoms with Crippen molar-refractivity contribution in [3.05, 3.63) is 119 Å². The van der Waals surface area contributed by atoms with Gasteiger partial charge in [0.15, 0.2) is 0 Å². The monoisotopic (exact) mass is 539 g/mol. The molecule has 0 radical (unpaired) electrons. The van der Waals surface area contributed by atoms with Crippen molar-refractivity contribution in [1.82, 2.24) is 34.8 Å². The van der Waals surface area contributed by atoms with Crippen molar-refractivity contribution >= 4 is 10.9 Å². The van der Waals surface area contributed by atoms with Crippen molar-refractivity contribution in [3.8, 4) is 33.8 Å². The van der Waals surface area contributed by atoms with Gasteiger partial charge in [-0.25, -0.2) is 9.67 Å². The molecule has 202 valence electrons. The Balaban J connectivity index is 1.06. The molecule has 2 aromatic carbocycles. The average Bonchev–Trinajstić information content (AvgIpc) is 3.53. The predicted molar refractivity (Wildman–Crippen MR) is 160 cm³/mol. The van der Waals surface area contributed by atoms with Gasteiger partial charge in [0.2, 0.25) is 0 Å². The van der Waals surface area contributed by atoms with Gasteiger partial charge in [-0.05, 0) is 48.2 Å². The summed E-state index contributed by atoms with van der Waals surface area (Å²) in [7, 11) is 0. The number of hydrogen-bond acceptors (Lipinski definition) is 6. The number of pyridine rings is 3. The van der Waals surface area contributed by atoms with Crippen LogP contribution in [-0.2, 0) is 6.54 Å². The van der Waals surface area contributed by atoms with E-state index in [4.69, 9.17) is 4.98 Å². The lowest BCUT2D eigenvalue weighted by Gasteiger charge is -2.31. The molecule has 6 aromatic rings. The van der Waals surface area contributed by atoms with Crippen molar-refractivity contribution in [1.29, 1.82) is 0 Å². The van der Waals surface area contributed by atoms with Gasteiger partial charge in [-0.1, -0.05) is 65.9 Å². The highest BCUT2D eigenvalue weighted by atomic mass is 16.1. The fourth-order valence-corrected chi connectivity index (χ4v) is 5.62. The quantitative estimate of drug-likeness (QED) is 0.290. The van der Waals surface area contributed by atoms with Crippen LogP contribution >= 0.6 is 0 Å². The minimum atomic E-state index is -0.129. The Morgan fingerprint density at radius 1 is 0.854 bits per heavy atom. The zero-order valence-corrected chi connectivity index (χ0v) is 22.5. The van der Waals surface area contributed by atoms with E-state index in [1.54, 1.807) is 12.4 Å². The van der Waals surface area contributed by atoms with E-state index in [1.807, 2.05) is 59.4 Å². The van der Waals surface area contributed by atoms with Gasteiger partial charge in [0.25, 0.3) is 5.56 Å². The third kappa shape index (κ3) is 5.17. The van der Waals surface area contributed by atoms with Gasteiger partial charge in [0.1, 0.15) is 5.69 Å². The Morgan fingerprint density at radius 3 is 2.44 bits per heavy atom. The number of aromatic amines is 1. The topological polar surface area (TPSA) is 92.6 Å². The van der Waals surface area contributed by atoms with Crippen LogP contribution in [-0.4, -0.2) is 47.9 Å². The second kappa shape index (κ2) is 10.9. The van der Waals surface area contributed by atoms with Crippen LogP contribution in [0.5, 0.6) is 0 Å². The van der Waals surface area contributed by atoms with E-state index >= 15 is 0 Å². The molecule has 1 fully saturated rings. The number of likely N-dealkylation sites (tertiary alicyclic amines) is 1. The van der Waals surface area contributed by atoms with E-state index in [1.165, 1.54) is 5.56 Å². The molecule has 0 saturated carbocycles. The summed E-state index contributed by atoms with van der Waals surface area (Å²) in [5.74, 6) is 0. The molecular weight excluding hydrogens is 510 g/mol. The summed E-state index contributed by atoms with van der Waals surface area (Å²) < 4.78 is 2.00. The molecule has 1 aliphatic rings. The van der Waals surface area contributed by atoms with Crippen LogP contribution in [0.15, 0.2) is 108 Å². The Morgan fingerprint density at radius 2 is 1.66 bits per heavy atom. The first-order valence-corrected chi connectivity index (χ1v) is 13.9. The molecule has 0 bridgehead atoms. The molecule has 1 aliphatic heterocycles. The minimum Gasteiger partial charge on any atom is -0.328 e. The van der Waals surface area contributed by atoms with E-state index < -0.39 is 0 Å². The normalized spacial score (nSPS) is 14.4. The highest BCUT2D eigenvalue weighted by molar-refractivity contribution is 5.91. The van der Waals surface area contributed by atoms with E-state index in [-0.39, 0.29) is 5.56 Å². The minimum absolute atomic E-state index is 0.129. The van der Waals surface area contributed by atoms with Gasteiger partial charge in [0.05, 0.1) is 34.5 Å². The third-order valence-corrected chi connectivity index (χ3v) is 7.84. The molecule has 8 nitrogen and oxygen atoms in total. The molecule has 8 heteroatoms. The summed E-state index contributed by atoms with van der Waals surface area (Å²) in [4.78, 5) is 27.1. The fraction of sp³-hybridized carbons (Fsp3) is 0.182. The lowest BCUT2D eigenvalue weighted by Crippen LogP contribution is -2.34. The Labute approximate surface area is 237 Å². The number of rotatable bonds is 6. The van der Waals surface area contributed by atoms with Crippen molar-refractivity contribution in [2.24, 2.45) is 0 Å². The first kappa shape index (κ1) is 25.0. The Hall–Kier alpha value is -4.95. The number of nitrogens with one attached hydrogen (secondary N) is 1. The predicted octanol–water partition coefficient (Wildman–Crippen LogP) is 5.75. The fourth-order valence-electron chi connectivity index (χ4n) is 5.62. The molecule has 0 spiro atoms. The molecular formula is C33H29N7O. The number of piperidine rings is 1. The van der Waals surface area contributed by atoms with Crippen LogP contribution in [0.2, 0.25) is 0 Å². The molecule has 5 heterocycles. The van der Waals surface area contributed by atoms with Crippen LogP contribution in [0.3, 0.4) is 0 Å². The van der Waals surface area contributed by atoms with Crippen LogP contribution in [0.4, 0.5) is 0 Å². The van der Waals surface area contributed by atoms with Gasteiger partial charge >= 0.3 is 0 Å².